The summed E-state index contributed by atoms with van der Waals surface area (Å²) < 4.78 is 0. The molecule has 2 heteroatoms. The molecule has 1 aromatic heterocycles. The first kappa shape index (κ1) is 15.7. The van der Waals surface area contributed by atoms with E-state index in [0.717, 1.165) is 19.4 Å². The van der Waals surface area contributed by atoms with Crippen LogP contribution >= 0.6 is 0 Å². The standard InChI is InChI=1S/C19H26N2/c1-15(2)14-18-4-6-19(7-5-18)16(3)21-13-10-17-8-11-20-12-9-17/h4-9,11-12,15-16,21H,10,13-14H2,1-3H3. The summed E-state index contributed by atoms with van der Waals surface area (Å²) >= 11 is 0. The number of rotatable bonds is 7. The van der Waals surface area contributed by atoms with E-state index in [-0.39, 0.29) is 0 Å². The van der Waals surface area contributed by atoms with E-state index in [1.807, 2.05) is 12.4 Å². The molecule has 0 spiro atoms. The zero-order valence-electron chi connectivity index (χ0n) is 13.3. The highest BCUT2D eigenvalue weighted by Crippen LogP contribution is 2.15. The molecule has 1 N–H and O–H groups in total. The molecule has 0 amide bonds. The largest absolute Gasteiger partial charge is 0.310 e. The van der Waals surface area contributed by atoms with Crippen LogP contribution in [-0.4, -0.2) is 11.5 Å². The molecule has 0 bridgehead atoms. The molecule has 1 heterocycles. The van der Waals surface area contributed by atoms with Crippen LogP contribution in [0.3, 0.4) is 0 Å². The molecule has 112 valence electrons. The lowest BCUT2D eigenvalue weighted by atomic mass is 10.00. The van der Waals surface area contributed by atoms with Crippen molar-refractivity contribution in [3.05, 3.63) is 65.5 Å². The van der Waals surface area contributed by atoms with Gasteiger partial charge in [0.15, 0.2) is 0 Å². The van der Waals surface area contributed by atoms with Crippen LogP contribution in [0.2, 0.25) is 0 Å². The Morgan fingerprint density at radius 2 is 1.57 bits per heavy atom. The zero-order valence-corrected chi connectivity index (χ0v) is 13.3. The number of nitrogens with one attached hydrogen (secondary N) is 1. The summed E-state index contributed by atoms with van der Waals surface area (Å²) in [7, 11) is 0. The maximum Gasteiger partial charge on any atom is 0.0291 e. The third-order valence-corrected chi connectivity index (χ3v) is 3.74. The lowest BCUT2D eigenvalue weighted by Gasteiger charge is -2.15. The van der Waals surface area contributed by atoms with Gasteiger partial charge in [-0.05, 0) is 61.1 Å². The average Bonchev–Trinajstić information content (AvgIpc) is 2.48. The molecule has 0 aliphatic rings. The Morgan fingerprint density at radius 3 is 2.19 bits per heavy atom. The van der Waals surface area contributed by atoms with Crippen LogP contribution in [0.15, 0.2) is 48.8 Å². The lowest BCUT2D eigenvalue weighted by molar-refractivity contribution is 0.576. The van der Waals surface area contributed by atoms with Crippen LogP contribution in [0.5, 0.6) is 0 Å². The molecule has 0 saturated carbocycles. The molecule has 2 rings (SSSR count). The highest BCUT2D eigenvalue weighted by atomic mass is 14.9. The second-order valence-corrected chi connectivity index (χ2v) is 6.12. The number of nitrogens with zero attached hydrogens (tertiary/aromatic N) is 1. The van der Waals surface area contributed by atoms with Crippen LogP contribution in [0.25, 0.3) is 0 Å². The Bertz CT molecular complexity index is 517. The summed E-state index contributed by atoms with van der Waals surface area (Å²) in [6, 6.07) is 13.6. The smallest absolute Gasteiger partial charge is 0.0291 e. The second-order valence-electron chi connectivity index (χ2n) is 6.12. The van der Waals surface area contributed by atoms with E-state index >= 15 is 0 Å². The number of benzene rings is 1. The SMILES string of the molecule is CC(C)Cc1ccc(C(C)NCCc2ccncc2)cc1. The van der Waals surface area contributed by atoms with Crippen molar-refractivity contribution >= 4 is 0 Å². The highest BCUT2D eigenvalue weighted by Gasteiger charge is 2.05. The van der Waals surface area contributed by atoms with Gasteiger partial charge < -0.3 is 5.32 Å². The number of hydrogen-bond donors (Lipinski definition) is 1. The van der Waals surface area contributed by atoms with Gasteiger partial charge in [0.05, 0.1) is 0 Å². The van der Waals surface area contributed by atoms with Crippen LogP contribution in [0.4, 0.5) is 0 Å². The van der Waals surface area contributed by atoms with Gasteiger partial charge in [0.2, 0.25) is 0 Å². The van der Waals surface area contributed by atoms with Gasteiger partial charge in [-0.15, -0.1) is 0 Å². The predicted molar refractivity (Wildman–Crippen MR) is 89.3 cm³/mol. The molecule has 0 aliphatic heterocycles. The third-order valence-electron chi connectivity index (χ3n) is 3.74. The van der Waals surface area contributed by atoms with Gasteiger partial charge in [0.25, 0.3) is 0 Å². The minimum Gasteiger partial charge on any atom is -0.310 e. The van der Waals surface area contributed by atoms with E-state index in [1.54, 1.807) is 0 Å². The fourth-order valence-electron chi connectivity index (χ4n) is 2.51. The van der Waals surface area contributed by atoms with Crippen LogP contribution in [0.1, 0.15) is 43.5 Å². The van der Waals surface area contributed by atoms with Crippen LogP contribution < -0.4 is 5.32 Å². The Balaban J connectivity index is 1.81. The first-order valence-electron chi connectivity index (χ1n) is 7.86. The molecule has 0 radical (unpaired) electrons. The molecule has 1 aromatic carbocycles. The van der Waals surface area contributed by atoms with Crippen molar-refractivity contribution in [1.82, 2.24) is 10.3 Å². The van der Waals surface area contributed by atoms with E-state index in [1.165, 1.54) is 16.7 Å². The molecule has 0 fully saturated rings. The van der Waals surface area contributed by atoms with Crippen molar-refractivity contribution in [2.45, 2.75) is 39.7 Å². The quantitative estimate of drug-likeness (QED) is 0.824. The van der Waals surface area contributed by atoms with E-state index in [4.69, 9.17) is 0 Å². The van der Waals surface area contributed by atoms with Crippen molar-refractivity contribution in [3.8, 4) is 0 Å². The second kappa shape index (κ2) is 7.94. The predicted octanol–water partition coefficient (Wildman–Crippen LogP) is 4.17. The summed E-state index contributed by atoms with van der Waals surface area (Å²) in [6.07, 6.45) is 5.90. The van der Waals surface area contributed by atoms with Crippen molar-refractivity contribution in [1.29, 1.82) is 0 Å². The average molecular weight is 282 g/mol. The van der Waals surface area contributed by atoms with Gasteiger partial charge in [0, 0.05) is 18.4 Å². The molecule has 1 unspecified atom stereocenters. The third kappa shape index (κ3) is 5.31. The van der Waals surface area contributed by atoms with Crippen molar-refractivity contribution in [2.75, 3.05) is 6.54 Å². The summed E-state index contributed by atoms with van der Waals surface area (Å²) in [5.41, 5.74) is 4.12. The van der Waals surface area contributed by atoms with Gasteiger partial charge in [0.1, 0.15) is 0 Å². The molecule has 21 heavy (non-hydrogen) atoms. The molecule has 1 atom stereocenters. The van der Waals surface area contributed by atoms with Crippen molar-refractivity contribution in [2.24, 2.45) is 5.92 Å². The Kier molecular flexibility index (Phi) is 5.94. The number of aromatic nitrogens is 1. The summed E-state index contributed by atoms with van der Waals surface area (Å²) in [6.45, 7) is 7.73. The molecular weight excluding hydrogens is 256 g/mol. The lowest BCUT2D eigenvalue weighted by Crippen LogP contribution is -2.21. The fourth-order valence-corrected chi connectivity index (χ4v) is 2.51. The maximum absolute atomic E-state index is 4.04. The number of hydrogen-bond acceptors (Lipinski definition) is 2. The van der Waals surface area contributed by atoms with Gasteiger partial charge in [-0.3, -0.25) is 4.98 Å². The van der Waals surface area contributed by atoms with Crippen molar-refractivity contribution in [3.63, 3.8) is 0 Å². The van der Waals surface area contributed by atoms with Gasteiger partial charge >= 0.3 is 0 Å². The Morgan fingerprint density at radius 1 is 0.905 bits per heavy atom. The maximum atomic E-state index is 4.04. The van der Waals surface area contributed by atoms with Crippen LogP contribution in [-0.2, 0) is 12.8 Å². The molecular formula is C19H26N2. The first-order chi connectivity index (χ1) is 10.1. The molecule has 0 saturated heterocycles. The zero-order chi connectivity index (χ0) is 15.1. The Labute approximate surface area is 128 Å². The van der Waals surface area contributed by atoms with E-state index in [2.05, 4.69) is 67.5 Å². The molecule has 0 aliphatic carbocycles. The molecule has 2 nitrogen and oxygen atoms in total. The minimum absolute atomic E-state index is 0.389. The summed E-state index contributed by atoms with van der Waals surface area (Å²) in [4.78, 5) is 4.04. The monoisotopic (exact) mass is 282 g/mol. The topological polar surface area (TPSA) is 24.9 Å². The van der Waals surface area contributed by atoms with Gasteiger partial charge in [-0.1, -0.05) is 38.1 Å². The van der Waals surface area contributed by atoms with E-state index < -0.39 is 0 Å². The van der Waals surface area contributed by atoms with Crippen LogP contribution in [0, 0.1) is 5.92 Å². The van der Waals surface area contributed by atoms with E-state index in [0.29, 0.717) is 12.0 Å². The van der Waals surface area contributed by atoms with Crippen molar-refractivity contribution < 1.29 is 0 Å². The molecule has 2 aromatic rings. The normalized spacial score (nSPS) is 12.6. The summed E-state index contributed by atoms with van der Waals surface area (Å²) in [5.74, 6) is 0.715. The highest BCUT2D eigenvalue weighted by molar-refractivity contribution is 5.25. The van der Waals surface area contributed by atoms with Gasteiger partial charge in [-0.25, -0.2) is 0 Å². The first-order valence-corrected chi connectivity index (χ1v) is 7.86. The summed E-state index contributed by atoms with van der Waals surface area (Å²) in [5, 5.41) is 3.59. The van der Waals surface area contributed by atoms with E-state index in [9.17, 15) is 0 Å². The minimum atomic E-state index is 0.389. The van der Waals surface area contributed by atoms with Gasteiger partial charge in [-0.2, -0.15) is 0 Å². The number of pyridine rings is 1. The Hall–Kier alpha value is -1.67. The fraction of sp³-hybridized carbons (Fsp3) is 0.421.